The molecule has 0 aliphatic heterocycles. The average Bonchev–Trinajstić information content (AvgIpc) is 3.34. The molecule has 3 aromatic rings. The molecular weight excluding hydrogens is 472 g/mol. The number of esters is 1. The quantitative estimate of drug-likeness (QED) is 0.305. The average molecular weight is 485 g/mol. The van der Waals surface area contributed by atoms with E-state index in [4.69, 9.17) is 4.74 Å². The van der Waals surface area contributed by atoms with Gasteiger partial charge in [-0.25, -0.2) is 4.79 Å². The van der Waals surface area contributed by atoms with Gasteiger partial charge < -0.3 is 20.2 Å². The minimum absolute atomic E-state index is 0.175. The van der Waals surface area contributed by atoms with Crippen molar-refractivity contribution >= 4 is 61.3 Å². The molecule has 0 unspecified atom stereocenters. The standard InChI is InChI=1S/C16H13BrN4O5S2/c1-2-26-16(23)13-9(11-4-3-5-27-11)8-28-15(13)18-12(22)7-20-6-10(17)14(19-20)21(24)25/h3-6,8H,2,7H2,1H3,(H,18,22). The summed E-state index contributed by atoms with van der Waals surface area (Å²) in [6.07, 6.45) is 1.34. The normalized spacial score (nSPS) is 10.6. The number of thiophene rings is 2. The Bertz CT molecular complexity index is 1030. The van der Waals surface area contributed by atoms with Crippen molar-refractivity contribution in [1.29, 1.82) is 0 Å². The van der Waals surface area contributed by atoms with E-state index in [-0.39, 0.29) is 29.0 Å². The number of nitro groups is 1. The number of halogens is 1. The molecule has 0 aliphatic rings. The molecule has 146 valence electrons. The first kappa shape index (κ1) is 20.2. The maximum absolute atomic E-state index is 12.4. The molecule has 12 heteroatoms. The summed E-state index contributed by atoms with van der Waals surface area (Å²) in [6, 6.07) is 3.74. The van der Waals surface area contributed by atoms with Crippen molar-refractivity contribution in [3.05, 3.63) is 49.2 Å². The Kier molecular flexibility index (Phi) is 6.21. The third kappa shape index (κ3) is 4.29. The van der Waals surface area contributed by atoms with Gasteiger partial charge in [0.15, 0.2) is 0 Å². The number of anilines is 1. The summed E-state index contributed by atoms with van der Waals surface area (Å²) < 4.78 is 6.46. The zero-order valence-corrected chi connectivity index (χ0v) is 17.6. The number of aromatic nitrogens is 2. The van der Waals surface area contributed by atoms with Crippen molar-refractivity contribution in [3.63, 3.8) is 0 Å². The van der Waals surface area contributed by atoms with Crippen LogP contribution in [0.15, 0.2) is 33.6 Å². The van der Waals surface area contributed by atoms with Crippen LogP contribution in [0.1, 0.15) is 17.3 Å². The van der Waals surface area contributed by atoms with Gasteiger partial charge in [-0.3, -0.25) is 4.79 Å². The summed E-state index contributed by atoms with van der Waals surface area (Å²) in [5.41, 5.74) is 0.974. The minimum Gasteiger partial charge on any atom is -0.462 e. The van der Waals surface area contributed by atoms with Gasteiger partial charge in [-0.15, -0.1) is 22.7 Å². The molecule has 1 amide bonds. The summed E-state index contributed by atoms with van der Waals surface area (Å²) in [4.78, 5) is 35.9. The van der Waals surface area contributed by atoms with E-state index in [2.05, 4.69) is 26.3 Å². The number of rotatable bonds is 7. The smallest absolute Gasteiger partial charge is 0.404 e. The van der Waals surface area contributed by atoms with Crippen LogP contribution in [0.2, 0.25) is 0 Å². The van der Waals surface area contributed by atoms with Crippen LogP contribution in [0.3, 0.4) is 0 Å². The zero-order valence-electron chi connectivity index (χ0n) is 14.4. The van der Waals surface area contributed by atoms with Gasteiger partial charge >= 0.3 is 11.8 Å². The molecule has 0 bridgehead atoms. The van der Waals surface area contributed by atoms with E-state index in [9.17, 15) is 19.7 Å². The van der Waals surface area contributed by atoms with E-state index in [0.29, 0.717) is 10.6 Å². The molecule has 9 nitrogen and oxygen atoms in total. The number of nitrogens with zero attached hydrogens (tertiary/aromatic N) is 3. The van der Waals surface area contributed by atoms with Crippen molar-refractivity contribution in [2.75, 3.05) is 11.9 Å². The topological polar surface area (TPSA) is 116 Å². The third-order valence-electron chi connectivity index (χ3n) is 3.49. The second-order valence-corrected chi connectivity index (χ2v) is 8.04. The molecule has 28 heavy (non-hydrogen) atoms. The summed E-state index contributed by atoms with van der Waals surface area (Å²) in [7, 11) is 0. The van der Waals surface area contributed by atoms with Gasteiger partial charge in [-0.2, -0.15) is 4.68 Å². The molecule has 3 rings (SSSR count). The fourth-order valence-electron chi connectivity index (χ4n) is 2.37. The highest BCUT2D eigenvalue weighted by atomic mass is 79.9. The summed E-state index contributed by atoms with van der Waals surface area (Å²) in [6.45, 7) is 1.66. The molecular formula is C16H13BrN4O5S2. The van der Waals surface area contributed by atoms with Gasteiger partial charge in [0.05, 0.1) is 17.9 Å². The predicted octanol–water partition coefficient (Wildman–Crippen LogP) is 4.16. The highest BCUT2D eigenvalue weighted by Crippen LogP contribution is 2.38. The van der Waals surface area contributed by atoms with Crippen LogP contribution in [-0.4, -0.2) is 33.2 Å². The van der Waals surface area contributed by atoms with Gasteiger partial charge in [0.2, 0.25) is 5.91 Å². The Labute approximate surface area is 175 Å². The Morgan fingerprint density at radius 1 is 1.43 bits per heavy atom. The first-order valence-corrected chi connectivity index (χ1v) is 10.5. The Balaban J connectivity index is 1.83. The number of hydrogen-bond acceptors (Lipinski definition) is 8. The van der Waals surface area contributed by atoms with Crippen LogP contribution in [0, 0.1) is 10.1 Å². The second kappa shape index (κ2) is 8.63. The van der Waals surface area contributed by atoms with Crippen LogP contribution in [0.5, 0.6) is 0 Å². The van der Waals surface area contributed by atoms with Crippen molar-refractivity contribution < 1.29 is 19.2 Å². The van der Waals surface area contributed by atoms with Crippen molar-refractivity contribution in [3.8, 4) is 10.4 Å². The van der Waals surface area contributed by atoms with E-state index < -0.39 is 16.8 Å². The maximum Gasteiger partial charge on any atom is 0.404 e. The molecule has 1 N–H and O–H groups in total. The summed E-state index contributed by atoms with van der Waals surface area (Å²) >= 11 is 5.71. The van der Waals surface area contributed by atoms with Gasteiger partial charge in [0, 0.05) is 15.8 Å². The fourth-order valence-corrected chi connectivity index (χ4v) is 4.62. The summed E-state index contributed by atoms with van der Waals surface area (Å²) in [5, 5.41) is 21.3. The van der Waals surface area contributed by atoms with Crippen LogP contribution in [0.4, 0.5) is 10.8 Å². The van der Waals surface area contributed by atoms with Crippen LogP contribution < -0.4 is 5.32 Å². The lowest BCUT2D eigenvalue weighted by molar-refractivity contribution is -0.390. The highest BCUT2D eigenvalue weighted by molar-refractivity contribution is 9.10. The predicted molar refractivity (Wildman–Crippen MR) is 109 cm³/mol. The molecule has 0 atom stereocenters. The molecule has 3 aromatic heterocycles. The first-order valence-electron chi connectivity index (χ1n) is 7.90. The maximum atomic E-state index is 12.4. The number of amides is 1. The van der Waals surface area contributed by atoms with Crippen molar-refractivity contribution in [1.82, 2.24) is 9.78 Å². The lowest BCUT2D eigenvalue weighted by Gasteiger charge is -2.07. The summed E-state index contributed by atoms with van der Waals surface area (Å²) in [5.74, 6) is -1.38. The van der Waals surface area contributed by atoms with E-state index in [1.807, 2.05) is 17.5 Å². The number of carbonyl (C=O) groups is 2. The van der Waals surface area contributed by atoms with E-state index in [0.717, 1.165) is 9.56 Å². The molecule has 0 aliphatic carbocycles. The highest BCUT2D eigenvalue weighted by Gasteiger charge is 2.24. The van der Waals surface area contributed by atoms with Crippen molar-refractivity contribution in [2.45, 2.75) is 13.5 Å². The zero-order chi connectivity index (χ0) is 20.3. The van der Waals surface area contributed by atoms with Gasteiger partial charge in [-0.1, -0.05) is 6.07 Å². The molecule has 0 aromatic carbocycles. The van der Waals surface area contributed by atoms with E-state index >= 15 is 0 Å². The van der Waals surface area contributed by atoms with Crippen LogP contribution in [-0.2, 0) is 16.1 Å². The van der Waals surface area contributed by atoms with Gasteiger partial charge in [0.1, 0.15) is 21.6 Å². The number of hydrogen-bond donors (Lipinski definition) is 1. The monoisotopic (exact) mass is 484 g/mol. The van der Waals surface area contributed by atoms with Crippen molar-refractivity contribution in [2.24, 2.45) is 0 Å². The molecule has 0 fully saturated rings. The van der Waals surface area contributed by atoms with E-state index in [1.165, 1.54) is 28.9 Å². The first-order chi connectivity index (χ1) is 13.4. The molecule has 3 heterocycles. The van der Waals surface area contributed by atoms with Crippen LogP contribution in [0.25, 0.3) is 10.4 Å². The SMILES string of the molecule is CCOC(=O)c1c(-c2cccs2)csc1NC(=O)Cn1cc(Br)c([N+](=O)[O-])n1. The Hall–Kier alpha value is -2.57. The minimum atomic E-state index is -0.649. The molecule has 0 saturated heterocycles. The van der Waals surface area contributed by atoms with Gasteiger partial charge in [0.25, 0.3) is 0 Å². The lowest BCUT2D eigenvalue weighted by Crippen LogP contribution is -2.20. The fraction of sp³-hybridized carbons (Fsp3) is 0.188. The number of nitrogens with one attached hydrogen (secondary N) is 1. The molecule has 0 spiro atoms. The third-order valence-corrected chi connectivity index (χ3v) is 5.85. The Morgan fingerprint density at radius 2 is 2.21 bits per heavy atom. The number of carbonyl (C=O) groups excluding carboxylic acids is 2. The number of ether oxygens (including phenoxy) is 1. The molecule has 0 saturated carbocycles. The van der Waals surface area contributed by atoms with E-state index in [1.54, 1.807) is 12.3 Å². The lowest BCUT2D eigenvalue weighted by atomic mass is 10.1. The Morgan fingerprint density at radius 3 is 2.82 bits per heavy atom. The van der Waals surface area contributed by atoms with Crippen LogP contribution >= 0.6 is 38.6 Å². The van der Waals surface area contributed by atoms with Gasteiger partial charge in [-0.05, 0) is 39.2 Å². The largest absolute Gasteiger partial charge is 0.462 e. The molecule has 0 radical (unpaired) electrons. The second-order valence-electron chi connectivity index (χ2n) is 5.35.